The minimum Gasteiger partial charge on any atom is -0.462 e. The molecule has 0 aliphatic rings. The Hall–Kier alpha value is -1.93. The van der Waals surface area contributed by atoms with Crippen LogP contribution in [0.2, 0.25) is 0 Å². The monoisotopic (exact) mass is 223 g/mol. The smallest absolute Gasteiger partial charge is 0.341 e. The Morgan fingerprint density at radius 3 is 2.81 bits per heavy atom. The Labute approximate surface area is 91.9 Å². The molecule has 0 aromatic heterocycles. The van der Waals surface area contributed by atoms with Gasteiger partial charge in [-0.15, -0.1) is 0 Å². The molecule has 1 aromatic carbocycles. The van der Waals surface area contributed by atoms with Crippen LogP contribution in [0.15, 0.2) is 12.1 Å². The first-order valence-corrected chi connectivity index (χ1v) is 4.64. The predicted octanol–water partition coefficient (Wildman–Crippen LogP) is 1.37. The highest BCUT2D eigenvalue weighted by Crippen LogP contribution is 2.17. The van der Waals surface area contributed by atoms with E-state index in [4.69, 9.17) is 10.4 Å². The molecule has 0 fully saturated rings. The number of benzene rings is 1. The lowest BCUT2D eigenvalue weighted by atomic mass is 10.0. The van der Waals surface area contributed by atoms with Crippen molar-refractivity contribution < 1.29 is 19.0 Å². The molecule has 1 rings (SSSR count). The molecule has 0 saturated heterocycles. The van der Waals surface area contributed by atoms with E-state index in [-0.39, 0.29) is 23.3 Å². The van der Waals surface area contributed by atoms with Gasteiger partial charge in [0.05, 0.1) is 24.8 Å². The molecular weight excluding hydrogens is 213 g/mol. The highest BCUT2D eigenvalue weighted by atomic mass is 19.1. The van der Waals surface area contributed by atoms with Crippen molar-refractivity contribution in [3.05, 3.63) is 34.6 Å². The third-order valence-electron chi connectivity index (χ3n) is 1.95. The number of hydrogen-bond donors (Lipinski definition) is 1. The molecule has 0 unspecified atom stereocenters. The maximum absolute atomic E-state index is 13.5. The largest absolute Gasteiger partial charge is 0.462 e. The van der Waals surface area contributed by atoms with Crippen LogP contribution in [0.3, 0.4) is 0 Å². The number of ether oxygens (including phenoxy) is 1. The van der Waals surface area contributed by atoms with Crippen LogP contribution < -0.4 is 0 Å². The topological polar surface area (TPSA) is 70.3 Å². The summed E-state index contributed by atoms with van der Waals surface area (Å²) in [7, 11) is 0. The van der Waals surface area contributed by atoms with Crippen molar-refractivity contribution in [2.24, 2.45) is 0 Å². The molecule has 84 valence electrons. The second kappa shape index (κ2) is 5.24. The van der Waals surface area contributed by atoms with E-state index >= 15 is 0 Å². The Balaban J connectivity index is 3.28. The molecule has 0 saturated carbocycles. The number of nitriles is 1. The maximum Gasteiger partial charge on any atom is 0.341 e. The van der Waals surface area contributed by atoms with Gasteiger partial charge >= 0.3 is 5.97 Å². The molecule has 16 heavy (non-hydrogen) atoms. The van der Waals surface area contributed by atoms with E-state index in [1.807, 2.05) is 0 Å². The van der Waals surface area contributed by atoms with E-state index in [9.17, 15) is 9.18 Å². The third kappa shape index (κ3) is 2.35. The molecular formula is C11H10FNO3. The van der Waals surface area contributed by atoms with Gasteiger partial charge < -0.3 is 9.84 Å². The van der Waals surface area contributed by atoms with Crippen LogP contribution in [0.4, 0.5) is 4.39 Å². The van der Waals surface area contributed by atoms with Gasteiger partial charge in [0.15, 0.2) is 0 Å². The van der Waals surface area contributed by atoms with Gasteiger partial charge in [-0.05, 0) is 24.6 Å². The fraction of sp³-hybridized carbons (Fsp3) is 0.273. The zero-order valence-electron chi connectivity index (χ0n) is 8.66. The van der Waals surface area contributed by atoms with Crippen LogP contribution in [0.1, 0.15) is 28.4 Å². The van der Waals surface area contributed by atoms with Crippen LogP contribution in [-0.4, -0.2) is 17.7 Å². The number of halogens is 1. The van der Waals surface area contributed by atoms with Crippen molar-refractivity contribution >= 4 is 5.97 Å². The van der Waals surface area contributed by atoms with Gasteiger partial charge in [-0.3, -0.25) is 0 Å². The average Bonchev–Trinajstić information content (AvgIpc) is 2.27. The van der Waals surface area contributed by atoms with Gasteiger partial charge in [-0.25, -0.2) is 9.18 Å². The van der Waals surface area contributed by atoms with E-state index < -0.39 is 18.4 Å². The Kier molecular flexibility index (Phi) is 3.97. The lowest BCUT2D eigenvalue weighted by Gasteiger charge is -2.08. The third-order valence-corrected chi connectivity index (χ3v) is 1.95. The highest BCUT2D eigenvalue weighted by molar-refractivity contribution is 5.91. The highest BCUT2D eigenvalue weighted by Gasteiger charge is 2.18. The summed E-state index contributed by atoms with van der Waals surface area (Å²) in [5.41, 5.74) is -0.215. The summed E-state index contributed by atoms with van der Waals surface area (Å²) in [6.07, 6.45) is 0. The number of carbonyl (C=O) groups is 1. The molecule has 0 spiro atoms. The molecule has 0 bridgehead atoms. The zero-order valence-corrected chi connectivity index (χ0v) is 8.66. The van der Waals surface area contributed by atoms with E-state index in [0.29, 0.717) is 0 Å². The molecule has 1 aromatic rings. The molecule has 0 heterocycles. The second-order valence-corrected chi connectivity index (χ2v) is 2.98. The van der Waals surface area contributed by atoms with Crippen LogP contribution in [-0.2, 0) is 11.3 Å². The van der Waals surface area contributed by atoms with Crippen LogP contribution in [0.25, 0.3) is 0 Å². The fourth-order valence-corrected chi connectivity index (χ4v) is 1.28. The van der Waals surface area contributed by atoms with Crippen molar-refractivity contribution in [3.8, 4) is 6.07 Å². The Morgan fingerprint density at radius 1 is 1.62 bits per heavy atom. The summed E-state index contributed by atoms with van der Waals surface area (Å²) in [5.74, 6) is -1.70. The van der Waals surface area contributed by atoms with E-state index in [2.05, 4.69) is 4.74 Å². The van der Waals surface area contributed by atoms with Crippen molar-refractivity contribution in [1.29, 1.82) is 5.26 Å². The van der Waals surface area contributed by atoms with Gasteiger partial charge in [0.2, 0.25) is 0 Å². The van der Waals surface area contributed by atoms with Crippen LogP contribution >= 0.6 is 0 Å². The number of aliphatic hydroxyl groups excluding tert-OH is 1. The molecule has 0 atom stereocenters. The van der Waals surface area contributed by atoms with Crippen LogP contribution in [0.5, 0.6) is 0 Å². The maximum atomic E-state index is 13.5. The second-order valence-electron chi connectivity index (χ2n) is 2.98. The number of hydrogen-bond acceptors (Lipinski definition) is 4. The standard InChI is InChI=1S/C11H10FNO3/c1-2-16-11(15)10-8(6-14)3-7(5-13)4-9(10)12/h3-4,14H,2,6H2,1H3. The quantitative estimate of drug-likeness (QED) is 0.785. The predicted molar refractivity (Wildman–Crippen MR) is 53.0 cm³/mol. The number of carbonyl (C=O) groups excluding carboxylic acids is 1. The molecule has 0 radical (unpaired) electrons. The molecule has 0 aliphatic heterocycles. The van der Waals surface area contributed by atoms with E-state index in [0.717, 1.165) is 6.07 Å². The van der Waals surface area contributed by atoms with Gasteiger partial charge in [-0.2, -0.15) is 5.26 Å². The van der Waals surface area contributed by atoms with Gasteiger partial charge in [0.1, 0.15) is 11.4 Å². The van der Waals surface area contributed by atoms with E-state index in [1.54, 1.807) is 13.0 Å². The van der Waals surface area contributed by atoms with Crippen molar-refractivity contribution in [1.82, 2.24) is 0 Å². The molecule has 5 heteroatoms. The van der Waals surface area contributed by atoms with E-state index in [1.165, 1.54) is 6.07 Å². The van der Waals surface area contributed by atoms with Crippen molar-refractivity contribution in [3.63, 3.8) is 0 Å². The summed E-state index contributed by atoms with van der Waals surface area (Å²) in [6.45, 7) is 1.18. The summed E-state index contributed by atoms with van der Waals surface area (Å²) in [5, 5.41) is 17.6. The molecule has 0 amide bonds. The van der Waals surface area contributed by atoms with Crippen LogP contribution in [0, 0.1) is 17.1 Å². The minimum atomic E-state index is -0.860. The average molecular weight is 223 g/mol. The normalized spacial score (nSPS) is 9.62. The van der Waals surface area contributed by atoms with Crippen molar-refractivity contribution in [2.75, 3.05) is 6.61 Å². The van der Waals surface area contributed by atoms with Gasteiger partial charge in [-0.1, -0.05) is 0 Å². The number of rotatable bonds is 3. The first-order chi connectivity index (χ1) is 7.63. The summed E-state index contributed by atoms with van der Waals surface area (Å²) >= 11 is 0. The Bertz CT molecular complexity index is 451. The summed E-state index contributed by atoms with van der Waals surface area (Å²) in [6, 6.07) is 3.93. The lowest BCUT2D eigenvalue weighted by Crippen LogP contribution is -2.11. The molecule has 1 N–H and O–H groups in total. The minimum absolute atomic E-state index is 0.0506. The molecule has 0 aliphatic carbocycles. The number of aliphatic hydroxyl groups is 1. The van der Waals surface area contributed by atoms with Crippen molar-refractivity contribution in [2.45, 2.75) is 13.5 Å². The summed E-state index contributed by atoms with van der Waals surface area (Å²) < 4.78 is 18.1. The Morgan fingerprint density at radius 2 is 2.31 bits per heavy atom. The number of nitrogens with zero attached hydrogens (tertiary/aromatic N) is 1. The lowest BCUT2D eigenvalue weighted by molar-refractivity contribution is 0.0517. The number of esters is 1. The zero-order chi connectivity index (χ0) is 12.1. The van der Waals surface area contributed by atoms with Gasteiger partial charge in [0, 0.05) is 0 Å². The summed E-state index contributed by atoms with van der Waals surface area (Å²) in [4.78, 5) is 11.4. The first kappa shape index (κ1) is 12.1. The van der Waals surface area contributed by atoms with Gasteiger partial charge in [0.25, 0.3) is 0 Å². The first-order valence-electron chi connectivity index (χ1n) is 4.64. The SMILES string of the molecule is CCOC(=O)c1c(F)cc(C#N)cc1CO. The molecule has 4 nitrogen and oxygen atoms in total. The fourth-order valence-electron chi connectivity index (χ4n) is 1.28.